The number of nitrogens with zero attached hydrogens (tertiary/aromatic N) is 2. The van der Waals surface area contributed by atoms with Crippen molar-refractivity contribution in [2.45, 2.75) is 59.0 Å². The minimum atomic E-state index is -0.723. The molecule has 1 heterocycles. The van der Waals surface area contributed by atoms with Crippen molar-refractivity contribution >= 4 is 11.9 Å². The number of carboxylic acids is 1. The molecule has 0 aliphatic rings. The van der Waals surface area contributed by atoms with Crippen molar-refractivity contribution in [1.29, 1.82) is 0 Å². The van der Waals surface area contributed by atoms with Crippen LogP contribution in [0.1, 0.15) is 51.6 Å². The summed E-state index contributed by atoms with van der Waals surface area (Å²) < 4.78 is 5.57. The number of hydrogen-bond donors (Lipinski definition) is 2. The van der Waals surface area contributed by atoms with Gasteiger partial charge < -0.3 is 15.2 Å². The lowest BCUT2D eigenvalue weighted by Crippen LogP contribution is -2.11. The minimum Gasteiger partial charge on any atom is -0.481 e. The molecule has 6 heteroatoms. The monoisotopic (exact) mass is 295 g/mol. The van der Waals surface area contributed by atoms with E-state index < -0.39 is 5.97 Å². The van der Waals surface area contributed by atoms with Gasteiger partial charge in [-0.1, -0.05) is 12.8 Å². The number of aliphatic carboxylic acids is 1. The summed E-state index contributed by atoms with van der Waals surface area (Å²) in [5.74, 6) is 0.441. The highest BCUT2D eigenvalue weighted by Crippen LogP contribution is 2.13. The summed E-state index contributed by atoms with van der Waals surface area (Å²) in [5.41, 5.74) is 0.865. The number of rotatable bonds is 10. The molecule has 0 saturated carbocycles. The van der Waals surface area contributed by atoms with Crippen LogP contribution in [-0.2, 0) is 4.79 Å². The van der Waals surface area contributed by atoms with E-state index in [2.05, 4.69) is 15.3 Å². The summed E-state index contributed by atoms with van der Waals surface area (Å²) in [7, 11) is 0. The van der Waals surface area contributed by atoms with Crippen LogP contribution in [0.25, 0.3) is 0 Å². The van der Waals surface area contributed by atoms with Crippen LogP contribution in [0.3, 0.4) is 0 Å². The van der Waals surface area contributed by atoms with Crippen molar-refractivity contribution in [2.75, 3.05) is 11.9 Å². The van der Waals surface area contributed by atoms with E-state index in [0.29, 0.717) is 11.8 Å². The molecular formula is C15H25N3O3. The number of carboxylic acid groups (broad SMARTS) is 1. The number of carbonyl (C=O) groups is 1. The Bertz CT molecular complexity index is 450. The van der Waals surface area contributed by atoms with Gasteiger partial charge in [-0.2, -0.15) is 4.98 Å². The summed E-state index contributed by atoms with van der Waals surface area (Å²) in [6, 6.07) is 1.82. The summed E-state index contributed by atoms with van der Waals surface area (Å²) in [6.07, 6.45) is 3.98. The normalized spacial score (nSPS) is 10.7. The zero-order valence-electron chi connectivity index (χ0n) is 13.1. The summed E-state index contributed by atoms with van der Waals surface area (Å²) >= 11 is 0. The van der Waals surface area contributed by atoms with Crippen LogP contribution in [0, 0.1) is 6.92 Å². The zero-order chi connectivity index (χ0) is 15.7. The first-order chi connectivity index (χ1) is 9.97. The van der Waals surface area contributed by atoms with Gasteiger partial charge in [-0.3, -0.25) is 4.79 Å². The van der Waals surface area contributed by atoms with Crippen molar-refractivity contribution in [3.8, 4) is 5.88 Å². The summed E-state index contributed by atoms with van der Waals surface area (Å²) in [5, 5.41) is 11.7. The minimum absolute atomic E-state index is 0.0846. The fourth-order valence-electron chi connectivity index (χ4n) is 1.88. The number of hydrogen-bond acceptors (Lipinski definition) is 5. The molecule has 0 spiro atoms. The molecule has 21 heavy (non-hydrogen) atoms. The molecule has 118 valence electrons. The van der Waals surface area contributed by atoms with Gasteiger partial charge in [0.1, 0.15) is 0 Å². The smallest absolute Gasteiger partial charge is 0.303 e. The van der Waals surface area contributed by atoms with Gasteiger partial charge in [0.05, 0.1) is 6.10 Å². The van der Waals surface area contributed by atoms with Crippen LogP contribution in [0.15, 0.2) is 6.07 Å². The fourth-order valence-corrected chi connectivity index (χ4v) is 1.88. The van der Waals surface area contributed by atoms with Gasteiger partial charge in [-0.15, -0.1) is 0 Å². The highest BCUT2D eigenvalue weighted by atomic mass is 16.5. The largest absolute Gasteiger partial charge is 0.481 e. The van der Waals surface area contributed by atoms with Gasteiger partial charge in [-0.25, -0.2) is 4.98 Å². The maximum absolute atomic E-state index is 10.4. The van der Waals surface area contributed by atoms with Crippen molar-refractivity contribution in [1.82, 2.24) is 9.97 Å². The van der Waals surface area contributed by atoms with Gasteiger partial charge in [-0.05, 0) is 33.6 Å². The molecule has 0 amide bonds. The van der Waals surface area contributed by atoms with E-state index in [-0.39, 0.29) is 12.5 Å². The number of aromatic nitrogens is 2. The molecule has 0 bridgehead atoms. The van der Waals surface area contributed by atoms with Crippen molar-refractivity contribution in [2.24, 2.45) is 0 Å². The predicted molar refractivity (Wildman–Crippen MR) is 81.7 cm³/mol. The van der Waals surface area contributed by atoms with Crippen LogP contribution >= 0.6 is 0 Å². The quantitative estimate of drug-likeness (QED) is 0.645. The molecular weight excluding hydrogens is 270 g/mol. The van der Waals surface area contributed by atoms with Gasteiger partial charge in [0.15, 0.2) is 0 Å². The Kier molecular flexibility index (Phi) is 7.50. The van der Waals surface area contributed by atoms with Gasteiger partial charge in [0.2, 0.25) is 11.8 Å². The van der Waals surface area contributed by atoms with Gasteiger partial charge >= 0.3 is 5.97 Å². The number of aryl methyl sites for hydroxylation is 1. The van der Waals surface area contributed by atoms with Gasteiger partial charge in [0.25, 0.3) is 0 Å². The number of anilines is 1. The van der Waals surface area contributed by atoms with Crippen LogP contribution in [0.4, 0.5) is 5.95 Å². The van der Waals surface area contributed by atoms with Crippen molar-refractivity contribution in [3.63, 3.8) is 0 Å². The first-order valence-corrected chi connectivity index (χ1v) is 7.45. The molecule has 6 nitrogen and oxygen atoms in total. The molecule has 1 aromatic rings. The van der Waals surface area contributed by atoms with E-state index in [9.17, 15) is 4.79 Å². The van der Waals surface area contributed by atoms with Crippen molar-refractivity contribution in [3.05, 3.63) is 11.8 Å². The van der Waals surface area contributed by atoms with Crippen LogP contribution < -0.4 is 10.1 Å². The highest BCUT2D eigenvalue weighted by molar-refractivity contribution is 5.66. The molecule has 0 aromatic carbocycles. The Balaban J connectivity index is 2.28. The molecule has 1 aromatic heterocycles. The SMILES string of the molecule is Cc1cc(OC(C)C)nc(NCCCCCCC(=O)O)n1. The maximum atomic E-state index is 10.4. The number of nitrogens with one attached hydrogen (secondary N) is 1. The van der Waals surface area contributed by atoms with Crippen LogP contribution in [0.2, 0.25) is 0 Å². The Labute approximate surface area is 126 Å². The Morgan fingerprint density at radius 3 is 2.67 bits per heavy atom. The highest BCUT2D eigenvalue weighted by Gasteiger charge is 2.04. The van der Waals surface area contributed by atoms with E-state index in [4.69, 9.17) is 9.84 Å². The number of unbranched alkanes of at least 4 members (excludes halogenated alkanes) is 3. The molecule has 0 atom stereocenters. The Hall–Kier alpha value is -1.85. The van der Waals surface area contributed by atoms with E-state index in [1.807, 2.05) is 26.8 Å². The molecule has 0 unspecified atom stereocenters. The standard InChI is InChI=1S/C15H25N3O3/c1-11(2)21-13-10-12(3)17-15(18-13)16-9-7-5-4-6-8-14(19)20/h10-11H,4-9H2,1-3H3,(H,19,20)(H,16,17,18). The average molecular weight is 295 g/mol. The predicted octanol–water partition coefficient (Wildman–Crippen LogP) is 3.02. The third-order valence-electron chi connectivity index (χ3n) is 2.79. The lowest BCUT2D eigenvalue weighted by atomic mass is 10.1. The zero-order valence-corrected chi connectivity index (χ0v) is 13.1. The molecule has 0 aliphatic heterocycles. The van der Waals surface area contributed by atoms with E-state index in [0.717, 1.165) is 37.9 Å². The summed E-state index contributed by atoms with van der Waals surface area (Å²) in [6.45, 7) is 6.60. The lowest BCUT2D eigenvalue weighted by molar-refractivity contribution is -0.137. The average Bonchev–Trinajstić information content (AvgIpc) is 2.35. The first kappa shape index (κ1) is 17.2. The lowest BCUT2D eigenvalue weighted by Gasteiger charge is -2.11. The van der Waals surface area contributed by atoms with Crippen molar-refractivity contribution < 1.29 is 14.6 Å². The molecule has 0 fully saturated rings. The molecule has 2 N–H and O–H groups in total. The van der Waals surface area contributed by atoms with Gasteiger partial charge in [0, 0.05) is 24.7 Å². The topological polar surface area (TPSA) is 84.3 Å². The second kappa shape index (κ2) is 9.15. The third-order valence-corrected chi connectivity index (χ3v) is 2.79. The first-order valence-electron chi connectivity index (χ1n) is 7.45. The second-order valence-corrected chi connectivity index (χ2v) is 5.32. The molecule has 0 aliphatic carbocycles. The molecule has 0 radical (unpaired) electrons. The van der Waals surface area contributed by atoms with E-state index in [1.54, 1.807) is 0 Å². The molecule has 1 rings (SSSR count). The Morgan fingerprint density at radius 1 is 1.29 bits per heavy atom. The third kappa shape index (κ3) is 8.12. The fraction of sp³-hybridized carbons (Fsp3) is 0.667. The number of ether oxygens (including phenoxy) is 1. The van der Waals surface area contributed by atoms with E-state index >= 15 is 0 Å². The second-order valence-electron chi connectivity index (χ2n) is 5.32. The Morgan fingerprint density at radius 2 is 2.00 bits per heavy atom. The molecule has 0 saturated heterocycles. The van der Waals surface area contributed by atoms with Crippen LogP contribution in [0.5, 0.6) is 5.88 Å². The van der Waals surface area contributed by atoms with E-state index in [1.165, 1.54) is 0 Å². The maximum Gasteiger partial charge on any atom is 0.303 e. The van der Waals surface area contributed by atoms with Crippen LogP contribution in [-0.4, -0.2) is 33.7 Å². The summed E-state index contributed by atoms with van der Waals surface area (Å²) in [4.78, 5) is 19.0.